The number of carbonyl (C=O) groups is 3. The van der Waals surface area contributed by atoms with E-state index in [1.54, 1.807) is 0 Å². The SMILES string of the molecule is CC[C@H](C)[C@H](NC(=O)[C@@H](N)CC(C)C)C(=O)N[C@H](/C=N/NC(N)=O)CCCN=C(N)N. The number of guanidine groups is 1. The summed E-state index contributed by atoms with van der Waals surface area (Å²) in [6.45, 7) is 8.10. The van der Waals surface area contributed by atoms with Crippen LogP contribution in [0.15, 0.2) is 10.1 Å². The van der Waals surface area contributed by atoms with Gasteiger partial charge in [0.1, 0.15) is 6.04 Å². The van der Waals surface area contributed by atoms with Crippen LogP contribution in [0.5, 0.6) is 0 Å². The average Bonchev–Trinajstić information content (AvgIpc) is 2.67. The maximum Gasteiger partial charge on any atom is 0.332 e. The zero-order chi connectivity index (χ0) is 24.0. The van der Waals surface area contributed by atoms with Gasteiger partial charge in [0.05, 0.1) is 12.1 Å². The summed E-state index contributed by atoms with van der Waals surface area (Å²) in [5.41, 5.74) is 23.7. The topological polar surface area (TPSA) is 216 Å². The van der Waals surface area contributed by atoms with E-state index in [9.17, 15) is 14.4 Å². The van der Waals surface area contributed by atoms with Gasteiger partial charge < -0.3 is 33.6 Å². The van der Waals surface area contributed by atoms with Gasteiger partial charge in [0.25, 0.3) is 0 Å². The van der Waals surface area contributed by atoms with Crippen molar-refractivity contribution >= 4 is 30.0 Å². The smallest absolute Gasteiger partial charge is 0.332 e. The van der Waals surface area contributed by atoms with Crippen molar-refractivity contribution in [3.63, 3.8) is 0 Å². The van der Waals surface area contributed by atoms with Crippen LogP contribution >= 0.6 is 0 Å². The van der Waals surface area contributed by atoms with Crippen LogP contribution in [0.4, 0.5) is 4.79 Å². The van der Waals surface area contributed by atoms with Crippen molar-refractivity contribution in [1.82, 2.24) is 16.1 Å². The van der Waals surface area contributed by atoms with Crippen LogP contribution in [0.3, 0.4) is 0 Å². The summed E-state index contributed by atoms with van der Waals surface area (Å²) in [5, 5.41) is 9.33. The first-order valence-electron chi connectivity index (χ1n) is 10.5. The molecular weight excluding hydrogens is 402 g/mol. The average molecular weight is 442 g/mol. The predicted octanol–water partition coefficient (Wildman–Crippen LogP) is -0.917. The Kier molecular flexibility index (Phi) is 13.6. The van der Waals surface area contributed by atoms with Crippen molar-refractivity contribution in [1.29, 1.82) is 0 Å². The lowest BCUT2D eigenvalue weighted by Crippen LogP contribution is -2.56. The van der Waals surface area contributed by atoms with Gasteiger partial charge in [-0.3, -0.25) is 14.6 Å². The first kappa shape index (κ1) is 28.1. The Hall–Kier alpha value is -2.89. The third-order valence-electron chi connectivity index (χ3n) is 4.58. The number of nitrogens with one attached hydrogen (secondary N) is 3. The van der Waals surface area contributed by atoms with Crippen LogP contribution in [-0.2, 0) is 9.59 Å². The molecule has 0 aliphatic carbocycles. The lowest BCUT2D eigenvalue weighted by Gasteiger charge is -2.27. The highest BCUT2D eigenvalue weighted by Crippen LogP contribution is 2.10. The predicted molar refractivity (Wildman–Crippen MR) is 122 cm³/mol. The van der Waals surface area contributed by atoms with Gasteiger partial charge in [-0.15, -0.1) is 0 Å². The molecule has 12 heteroatoms. The van der Waals surface area contributed by atoms with Crippen LogP contribution in [-0.4, -0.2) is 54.7 Å². The molecule has 0 bridgehead atoms. The van der Waals surface area contributed by atoms with E-state index in [1.807, 2.05) is 27.7 Å². The molecule has 0 radical (unpaired) electrons. The molecule has 0 aliphatic heterocycles. The number of primary amides is 1. The molecule has 12 nitrogen and oxygen atoms in total. The van der Waals surface area contributed by atoms with Gasteiger partial charge in [0.2, 0.25) is 11.8 Å². The molecule has 0 aromatic heterocycles. The fourth-order valence-corrected chi connectivity index (χ4v) is 2.74. The summed E-state index contributed by atoms with van der Waals surface area (Å²) in [6, 6.07) is -2.84. The summed E-state index contributed by atoms with van der Waals surface area (Å²) in [4.78, 5) is 40.2. The van der Waals surface area contributed by atoms with Gasteiger partial charge >= 0.3 is 6.03 Å². The van der Waals surface area contributed by atoms with Gasteiger partial charge in [0.15, 0.2) is 5.96 Å². The maximum absolute atomic E-state index is 13.0. The van der Waals surface area contributed by atoms with E-state index in [1.165, 1.54) is 6.21 Å². The Labute approximate surface area is 184 Å². The summed E-state index contributed by atoms with van der Waals surface area (Å²) in [6.07, 6.45) is 3.54. The van der Waals surface area contributed by atoms with Crippen LogP contribution in [0, 0.1) is 11.8 Å². The van der Waals surface area contributed by atoms with Crippen molar-refractivity contribution in [2.24, 2.45) is 44.9 Å². The molecular formula is C19H39N9O3. The number of rotatable bonds is 14. The Morgan fingerprint density at radius 2 is 1.68 bits per heavy atom. The van der Waals surface area contributed by atoms with Gasteiger partial charge in [-0.2, -0.15) is 5.10 Å². The van der Waals surface area contributed by atoms with Crippen LogP contribution in [0.2, 0.25) is 0 Å². The number of hydrogen-bond acceptors (Lipinski definition) is 6. The van der Waals surface area contributed by atoms with Crippen molar-refractivity contribution in [3.8, 4) is 0 Å². The second-order valence-electron chi connectivity index (χ2n) is 7.93. The summed E-state index contributed by atoms with van der Waals surface area (Å²) in [7, 11) is 0. The van der Waals surface area contributed by atoms with Crippen LogP contribution in [0.1, 0.15) is 53.4 Å². The van der Waals surface area contributed by atoms with Crippen molar-refractivity contribution < 1.29 is 14.4 Å². The van der Waals surface area contributed by atoms with E-state index in [2.05, 4.69) is 26.2 Å². The van der Waals surface area contributed by atoms with Gasteiger partial charge in [0, 0.05) is 12.8 Å². The van der Waals surface area contributed by atoms with Crippen LogP contribution in [0.25, 0.3) is 0 Å². The Bertz CT molecular complexity index is 633. The normalized spacial score (nSPS) is 15.0. The number of amides is 4. The van der Waals surface area contributed by atoms with E-state index in [0.717, 1.165) is 0 Å². The molecule has 11 N–H and O–H groups in total. The lowest BCUT2D eigenvalue weighted by molar-refractivity contribution is -0.131. The van der Waals surface area contributed by atoms with E-state index in [-0.39, 0.29) is 29.6 Å². The second-order valence-corrected chi connectivity index (χ2v) is 7.93. The molecule has 0 rings (SSSR count). The van der Waals surface area contributed by atoms with E-state index < -0.39 is 24.2 Å². The first-order valence-corrected chi connectivity index (χ1v) is 10.5. The molecule has 178 valence electrons. The minimum Gasteiger partial charge on any atom is -0.370 e. The maximum atomic E-state index is 13.0. The fourth-order valence-electron chi connectivity index (χ4n) is 2.74. The molecule has 0 saturated heterocycles. The highest BCUT2D eigenvalue weighted by molar-refractivity contribution is 5.91. The monoisotopic (exact) mass is 441 g/mol. The number of aliphatic imine (C=N–C) groups is 1. The van der Waals surface area contributed by atoms with Crippen molar-refractivity contribution in [2.45, 2.75) is 71.5 Å². The minimum absolute atomic E-state index is 0.0260. The summed E-state index contributed by atoms with van der Waals surface area (Å²) < 4.78 is 0. The Balaban J connectivity index is 5.25. The molecule has 0 aliphatic rings. The number of hydrazone groups is 1. The number of carbonyl (C=O) groups excluding carboxylic acids is 3. The zero-order valence-electron chi connectivity index (χ0n) is 18.9. The molecule has 0 unspecified atom stereocenters. The fraction of sp³-hybridized carbons (Fsp3) is 0.737. The standard InChI is InChI=1S/C19H39N9O3/c1-5-12(4)15(27-16(29)14(20)9-11(2)3)17(30)26-13(10-25-28-19(23)31)7-6-8-24-18(21)22/h10-15H,5-9,20H2,1-4H3,(H,26,30)(H,27,29)(H4,21,22,24)(H3,23,28,31)/b25-10+/t12-,13-,14-,15-/m0/s1. The quantitative estimate of drug-likeness (QED) is 0.0782. The number of nitrogens with two attached hydrogens (primary N) is 4. The molecule has 0 fully saturated rings. The number of nitrogens with zero attached hydrogens (tertiary/aromatic N) is 2. The molecule has 31 heavy (non-hydrogen) atoms. The molecule has 0 aromatic carbocycles. The highest BCUT2D eigenvalue weighted by Gasteiger charge is 2.29. The number of urea groups is 1. The molecule has 0 aromatic rings. The molecule has 0 saturated carbocycles. The second kappa shape index (κ2) is 15.0. The van der Waals surface area contributed by atoms with Crippen molar-refractivity contribution in [2.75, 3.05) is 6.54 Å². The van der Waals surface area contributed by atoms with E-state index in [4.69, 9.17) is 22.9 Å². The van der Waals surface area contributed by atoms with Crippen molar-refractivity contribution in [3.05, 3.63) is 0 Å². The molecule has 4 amide bonds. The molecule has 0 heterocycles. The van der Waals surface area contributed by atoms with Crippen LogP contribution < -0.4 is 39.0 Å². The first-order chi connectivity index (χ1) is 14.5. The van der Waals surface area contributed by atoms with Gasteiger partial charge in [-0.25, -0.2) is 10.2 Å². The van der Waals surface area contributed by atoms with Gasteiger partial charge in [-0.05, 0) is 31.1 Å². The third kappa shape index (κ3) is 13.1. The van der Waals surface area contributed by atoms with E-state index in [0.29, 0.717) is 32.2 Å². The molecule has 0 spiro atoms. The Morgan fingerprint density at radius 1 is 1.03 bits per heavy atom. The zero-order valence-corrected chi connectivity index (χ0v) is 18.9. The third-order valence-corrected chi connectivity index (χ3v) is 4.58. The summed E-state index contributed by atoms with van der Waals surface area (Å²) in [5.74, 6) is -0.653. The highest BCUT2D eigenvalue weighted by atomic mass is 16.2. The summed E-state index contributed by atoms with van der Waals surface area (Å²) >= 11 is 0. The minimum atomic E-state index is -0.828. The largest absolute Gasteiger partial charge is 0.370 e. The molecule has 4 atom stereocenters. The Morgan fingerprint density at radius 3 is 2.19 bits per heavy atom. The number of hydrogen-bond donors (Lipinski definition) is 7. The van der Waals surface area contributed by atoms with Gasteiger partial charge in [-0.1, -0.05) is 34.1 Å². The lowest BCUT2D eigenvalue weighted by atomic mass is 9.96. The van der Waals surface area contributed by atoms with E-state index >= 15 is 0 Å².